The number of aromatic hydroxyl groups is 1. The van der Waals surface area contributed by atoms with Crippen molar-refractivity contribution in [2.75, 3.05) is 0 Å². The van der Waals surface area contributed by atoms with Crippen molar-refractivity contribution in [3.63, 3.8) is 0 Å². The molecule has 0 unspecified atom stereocenters. The fourth-order valence-electron chi connectivity index (χ4n) is 1.34. The lowest BCUT2D eigenvalue weighted by Crippen LogP contribution is -1.84. The lowest BCUT2D eigenvalue weighted by atomic mass is 10.1. The number of aromatic nitrogens is 2. The van der Waals surface area contributed by atoms with Crippen LogP contribution in [0.3, 0.4) is 0 Å². The Morgan fingerprint density at radius 3 is 2.83 bits per heavy atom. The Balaban J connectivity index is 2.93. The van der Waals surface area contributed by atoms with Crippen molar-refractivity contribution in [3.05, 3.63) is 23.9 Å². The third-order valence-electron chi connectivity index (χ3n) is 1.99. The molecule has 0 saturated heterocycles. The number of rotatable bonds is 0. The van der Waals surface area contributed by atoms with Gasteiger partial charge in [-0.2, -0.15) is 5.10 Å². The van der Waals surface area contributed by atoms with Gasteiger partial charge in [0.1, 0.15) is 11.3 Å². The first-order valence-electron chi connectivity index (χ1n) is 3.80. The van der Waals surface area contributed by atoms with E-state index < -0.39 is 0 Å². The van der Waals surface area contributed by atoms with E-state index in [1.165, 1.54) is 0 Å². The van der Waals surface area contributed by atoms with Crippen LogP contribution in [0.15, 0.2) is 18.3 Å². The second-order valence-corrected chi connectivity index (χ2v) is 2.97. The topological polar surface area (TPSA) is 38.1 Å². The van der Waals surface area contributed by atoms with Gasteiger partial charge in [-0.3, -0.25) is 4.68 Å². The second-order valence-electron chi connectivity index (χ2n) is 2.97. The van der Waals surface area contributed by atoms with E-state index >= 15 is 0 Å². The molecule has 3 nitrogen and oxygen atoms in total. The van der Waals surface area contributed by atoms with Crippen LogP contribution in [-0.4, -0.2) is 14.9 Å². The van der Waals surface area contributed by atoms with Crippen LogP contribution in [0.25, 0.3) is 10.9 Å². The highest BCUT2D eigenvalue weighted by Crippen LogP contribution is 2.24. The summed E-state index contributed by atoms with van der Waals surface area (Å²) in [5.41, 5.74) is 1.81. The molecule has 0 atom stereocenters. The van der Waals surface area contributed by atoms with Crippen LogP contribution in [0.1, 0.15) is 5.56 Å². The SMILES string of the molecule is Cc1ccc(O)c2nn(C)cc12. The highest BCUT2D eigenvalue weighted by Gasteiger charge is 2.05. The summed E-state index contributed by atoms with van der Waals surface area (Å²) in [6.45, 7) is 2.00. The average Bonchev–Trinajstić information content (AvgIpc) is 2.41. The molecule has 62 valence electrons. The quantitative estimate of drug-likeness (QED) is 0.638. The van der Waals surface area contributed by atoms with Gasteiger partial charge in [-0.25, -0.2) is 0 Å². The molecule has 2 rings (SSSR count). The Kier molecular flexibility index (Phi) is 1.33. The molecule has 1 N–H and O–H groups in total. The number of fused-ring (bicyclic) bond motifs is 1. The zero-order chi connectivity index (χ0) is 8.72. The van der Waals surface area contributed by atoms with E-state index in [-0.39, 0.29) is 5.75 Å². The van der Waals surface area contributed by atoms with Gasteiger partial charge >= 0.3 is 0 Å². The minimum Gasteiger partial charge on any atom is -0.506 e. The van der Waals surface area contributed by atoms with E-state index in [2.05, 4.69) is 5.10 Å². The van der Waals surface area contributed by atoms with Crippen LogP contribution in [0.5, 0.6) is 5.75 Å². The molecule has 2 aromatic rings. The molecule has 0 radical (unpaired) electrons. The predicted octanol–water partition coefficient (Wildman–Crippen LogP) is 1.59. The predicted molar refractivity (Wildman–Crippen MR) is 47.1 cm³/mol. The third kappa shape index (κ3) is 0.863. The molecule has 0 fully saturated rings. The normalized spacial score (nSPS) is 10.8. The summed E-state index contributed by atoms with van der Waals surface area (Å²) in [6.07, 6.45) is 1.91. The maximum Gasteiger partial charge on any atom is 0.143 e. The number of hydrogen-bond donors (Lipinski definition) is 1. The summed E-state index contributed by atoms with van der Waals surface area (Å²) in [7, 11) is 1.85. The molecule has 0 aliphatic rings. The molecule has 0 saturated carbocycles. The maximum atomic E-state index is 9.43. The standard InChI is InChI=1S/C9H10N2O/c1-6-3-4-8(12)9-7(6)5-11(2)10-9/h3-5,12H,1-2H3. The van der Waals surface area contributed by atoms with Crippen molar-refractivity contribution in [1.82, 2.24) is 9.78 Å². The van der Waals surface area contributed by atoms with E-state index in [4.69, 9.17) is 0 Å². The lowest BCUT2D eigenvalue weighted by Gasteiger charge is -1.95. The van der Waals surface area contributed by atoms with Crippen LogP contribution in [0, 0.1) is 6.92 Å². The molecule has 0 aliphatic heterocycles. The molecular formula is C9H10N2O. The monoisotopic (exact) mass is 162 g/mol. The van der Waals surface area contributed by atoms with E-state index in [0.717, 1.165) is 10.9 Å². The fraction of sp³-hybridized carbons (Fsp3) is 0.222. The molecular weight excluding hydrogens is 152 g/mol. The Labute approximate surface area is 70.2 Å². The smallest absolute Gasteiger partial charge is 0.143 e. The number of nitrogens with zero attached hydrogens (tertiary/aromatic N) is 2. The largest absolute Gasteiger partial charge is 0.506 e. The summed E-state index contributed by atoms with van der Waals surface area (Å²) in [4.78, 5) is 0. The molecule has 0 spiro atoms. The van der Waals surface area contributed by atoms with Gasteiger partial charge in [-0.15, -0.1) is 0 Å². The van der Waals surface area contributed by atoms with Gasteiger partial charge in [-0.1, -0.05) is 6.07 Å². The van der Waals surface area contributed by atoms with E-state index in [1.807, 2.05) is 26.2 Å². The number of phenols is 1. The first kappa shape index (κ1) is 7.16. The minimum atomic E-state index is 0.246. The molecule has 12 heavy (non-hydrogen) atoms. The van der Waals surface area contributed by atoms with Crippen molar-refractivity contribution in [2.24, 2.45) is 7.05 Å². The van der Waals surface area contributed by atoms with Crippen molar-refractivity contribution in [3.8, 4) is 5.75 Å². The summed E-state index contributed by atoms with van der Waals surface area (Å²) in [5.74, 6) is 0.246. The average molecular weight is 162 g/mol. The van der Waals surface area contributed by atoms with E-state index in [0.29, 0.717) is 5.52 Å². The fourth-order valence-corrected chi connectivity index (χ4v) is 1.34. The number of hydrogen-bond acceptors (Lipinski definition) is 2. The number of aryl methyl sites for hydroxylation is 2. The van der Waals surface area contributed by atoms with Crippen molar-refractivity contribution in [1.29, 1.82) is 0 Å². The zero-order valence-electron chi connectivity index (χ0n) is 7.07. The van der Waals surface area contributed by atoms with Crippen LogP contribution in [0.2, 0.25) is 0 Å². The number of phenolic OH excluding ortho intramolecular Hbond substituents is 1. The minimum absolute atomic E-state index is 0.246. The lowest BCUT2D eigenvalue weighted by molar-refractivity contribution is 0.479. The molecule has 3 heteroatoms. The van der Waals surface area contributed by atoms with Crippen molar-refractivity contribution in [2.45, 2.75) is 6.92 Å². The van der Waals surface area contributed by atoms with Gasteiger partial charge in [0.15, 0.2) is 0 Å². The van der Waals surface area contributed by atoms with E-state index in [9.17, 15) is 5.11 Å². The molecule has 0 aliphatic carbocycles. The molecule has 1 aromatic heterocycles. The molecule has 1 heterocycles. The van der Waals surface area contributed by atoms with Crippen molar-refractivity contribution < 1.29 is 5.11 Å². The highest BCUT2D eigenvalue weighted by molar-refractivity contribution is 5.86. The summed E-state index contributed by atoms with van der Waals surface area (Å²) in [5, 5.41) is 14.6. The summed E-state index contributed by atoms with van der Waals surface area (Å²) in [6, 6.07) is 3.56. The van der Waals surface area contributed by atoms with E-state index in [1.54, 1.807) is 10.7 Å². The molecule has 0 bridgehead atoms. The van der Waals surface area contributed by atoms with Crippen LogP contribution in [-0.2, 0) is 7.05 Å². The van der Waals surface area contributed by atoms with Gasteiger partial charge in [0.2, 0.25) is 0 Å². The molecule has 1 aromatic carbocycles. The third-order valence-corrected chi connectivity index (χ3v) is 1.99. The zero-order valence-corrected chi connectivity index (χ0v) is 7.07. The first-order valence-corrected chi connectivity index (χ1v) is 3.80. The van der Waals surface area contributed by atoms with Gasteiger partial charge in [0.05, 0.1) is 0 Å². The van der Waals surface area contributed by atoms with Gasteiger partial charge in [0, 0.05) is 18.6 Å². The van der Waals surface area contributed by atoms with Gasteiger partial charge in [-0.05, 0) is 18.6 Å². The highest BCUT2D eigenvalue weighted by atomic mass is 16.3. The van der Waals surface area contributed by atoms with Gasteiger partial charge < -0.3 is 5.11 Å². The maximum absolute atomic E-state index is 9.43. The first-order chi connectivity index (χ1) is 5.68. The van der Waals surface area contributed by atoms with Crippen LogP contribution < -0.4 is 0 Å². The van der Waals surface area contributed by atoms with Crippen LogP contribution in [0.4, 0.5) is 0 Å². The van der Waals surface area contributed by atoms with Crippen molar-refractivity contribution >= 4 is 10.9 Å². The number of benzene rings is 1. The summed E-state index contributed by atoms with van der Waals surface area (Å²) < 4.78 is 1.71. The Hall–Kier alpha value is -1.51. The van der Waals surface area contributed by atoms with Crippen LogP contribution >= 0.6 is 0 Å². The summed E-state index contributed by atoms with van der Waals surface area (Å²) >= 11 is 0. The Morgan fingerprint density at radius 2 is 2.17 bits per heavy atom. The Bertz CT molecular complexity index is 392. The second kappa shape index (κ2) is 2.24. The Morgan fingerprint density at radius 1 is 1.42 bits per heavy atom. The van der Waals surface area contributed by atoms with Gasteiger partial charge in [0.25, 0.3) is 0 Å². The molecule has 0 amide bonds.